The van der Waals surface area contributed by atoms with E-state index in [4.69, 9.17) is 48.0 Å². The van der Waals surface area contributed by atoms with Gasteiger partial charge in [-0.15, -0.1) is 5.06 Å². The van der Waals surface area contributed by atoms with Gasteiger partial charge in [-0.3, -0.25) is 57.5 Å². The lowest BCUT2D eigenvalue weighted by Gasteiger charge is -2.32. The van der Waals surface area contributed by atoms with E-state index < -0.39 is 167 Å². The number of hydrogen-bond donors (Lipinski definition) is 11. The lowest BCUT2D eigenvalue weighted by Crippen LogP contribution is -2.61. The van der Waals surface area contributed by atoms with Crippen molar-refractivity contribution in [1.82, 2.24) is 68.0 Å². The fourth-order valence-electron chi connectivity index (χ4n) is 15.5. The maximum atomic E-state index is 15.5. The van der Waals surface area contributed by atoms with Gasteiger partial charge in [-0.25, -0.2) is 14.4 Å². The minimum Gasteiger partial charge on any atom is -0.489 e. The lowest BCUT2D eigenvalue weighted by molar-refractivity contribution is -0.200. The summed E-state index contributed by atoms with van der Waals surface area (Å²) in [5.74, 6) is -11.4. The first-order chi connectivity index (χ1) is 62.7. The zero-order chi connectivity index (χ0) is 94.8. The van der Waals surface area contributed by atoms with E-state index in [9.17, 15) is 43.2 Å². The monoisotopic (exact) mass is 1840 g/mol. The zero-order valence-corrected chi connectivity index (χ0v) is 76.7. The Morgan fingerprint density at radius 1 is 0.412 bits per heavy atom. The van der Waals surface area contributed by atoms with Crippen LogP contribution < -0.4 is 63.6 Å². The van der Waals surface area contributed by atoms with Crippen molar-refractivity contribution < 1.29 is 91.0 Å². The van der Waals surface area contributed by atoms with Crippen molar-refractivity contribution in [2.75, 3.05) is 26.2 Å². The molecule has 704 valence electrons. The van der Waals surface area contributed by atoms with Gasteiger partial charge in [0.05, 0.1) is 6.04 Å². The molecular weight excluding hydrogens is 1720 g/mol. The topological polar surface area (TPSA) is 449 Å². The van der Waals surface area contributed by atoms with E-state index in [-0.39, 0.29) is 141 Å². The largest absolute Gasteiger partial charge is 0.489 e. The van der Waals surface area contributed by atoms with Crippen LogP contribution in [-0.4, -0.2) is 197 Å². The molecule has 11 atom stereocenters. The van der Waals surface area contributed by atoms with Crippen molar-refractivity contribution in [1.29, 1.82) is 0 Å². The first-order valence-electron chi connectivity index (χ1n) is 44.7. The standard InChI is InChI=1S/C96H122Cl2N14O19/c1-58(2)50-74(104-85(116)72(36-22-46-100-95(126)129-55-65-30-17-11-18-31-65)102-90(121)82(60(5)6)108-84(115)71(99)52-64-40-42-67(43-41-64)128-57-68-69(97)34-21-35-70(68)98)87(118)106-76(53-62-26-13-9-14-27-62)92(123)110-48-24-38-78(110)89(120)109-83(61(7)8)91(122)103-73(37-23-47-101-96(127)130-56-66-32-19-12-20-33-66)86(117)105-75(51-59(3)4)88(119)107-77(54-63-28-15-10-16-29-63)93(124)111-49-25-39-79(111)94(125)131-112-80(113)44-45-81(112)114/h9-21,26-35,40-43,58-61,71-79,82-83H,22-25,36-39,44-57,99H2,1-8H3,(H,100,126)(H,101,127)(H,102,121)(H,103,122)(H,104,116)(H,105,117)(H,106,118)(H,107,119)(H,108,115)(H,109,120)/t71-,72+,73+,74+,75+,76-,77-,78+,79+,82+,83+/m1/s1. The molecule has 9 rings (SSSR count). The zero-order valence-electron chi connectivity index (χ0n) is 75.2. The van der Waals surface area contributed by atoms with Crippen molar-refractivity contribution in [2.45, 2.75) is 238 Å². The van der Waals surface area contributed by atoms with E-state index in [1.807, 2.05) is 26.0 Å². The number of carbonyl (C=O) groups is 15. The summed E-state index contributed by atoms with van der Waals surface area (Å²) in [7, 11) is 0. The van der Waals surface area contributed by atoms with E-state index in [1.54, 1.807) is 193 Å². The third kappa shape index (κ3) is 32.0. The average Bonchev–Trinajstić information content (AvgIpc) is 1.70. The summed E-state index contributed by atoms with van der Waals surface area (Å²) in [4.78, 5) is 222. The fourth-order valence-corrected chi connectivity index (χ4v) is 16.0. The molecule has 12 N–H and O–H groups in total. The Kier molecular flexibility index (Phi) is 40.0. The summed E-state index contributed by atoms with van der Waals surface area (Å²) in [6.07, 6.45) is -1.18. The van der Waals surface area contributed by atoms with Crippen LogP contribution in [0.2, 0.25) is 10.0 Å². The molecule has 35 heteroatoms. The SMILES string of the molecule is CC(C)C[C@H](NC(=O)[C@H](CCCNC(=O)OCc1ccccc1)NC(=O)[C@@H](NC(=O)[C@H](N)Cc1ccc(OCc2c(Cl)cccc2Cl)cc1)C(C)C)C(=O)N[C@H](Cc1ccccc1)C(=O)N1CCC[C@H]1C(=O)N[C@H](C(=O)N[C@@H](CCCNC(=O)OCc1ccccc1)C(=O)N[C@@H](CC(C)C)C(=O)N[C@H](Cc1ccccc1)C(=O)N1CCC[C@H]1C(=O)ON1C(=O)CCC1=O)C(C)C. The van der Waals surface area contributed by atoms with Crippen LogP contribution in [0.15, 0.2) is 164 Å². The van der Waals surface area contributed by atoms with Gasteiger partial charge in [0.15, 0.2) is 0 Å². The summed E-state index contributed by atoms with van der Waals surface area (Å²) in [6.45, 7) is 14.0. The molecule has 6 aromatic rings. The Bertz CT molecular complexity index is 4850. The Labute approximate surface area is 773 Å². The highest BCUT2D eigenvalue weighted by molar-refractivity contribution is 6.36. The van der Waals surface area contributed by atoms with E-state index in [2.05, 4.69) is 53.2 Å². The number of imide groups is 1. The van der Waals surface area contributed by atoms with Crippen molar-refractivity contribution in [2.24, 2.45) is 29.4 Å². The summed E-state index contributed by atoms with van der Waals surface area (Å²) < 4.78 is 16.8. The van der Waals surface area contributed by atoms with Gasteiger partial charge in [0, 0.05) is 67.5 Å². The normalized spacial score (nSPS) is 16.3. The van der Waals surface area contributed by atoms with Gasteiger partial charge in [0.25, 0.3) is 11.8 Å². The highest BCUT2D eigenvalue weighted by atomic mass is 35.5. The van der Waals surface area contributed by atoms with Crippen molar-refractivity contribution >= 4 is 112 Å². The summed E-state index contributed by atoms with van der Waals surface area (Å²) >= 11 is 12.7. The molecule has 3 heterocycles. The number of hydroxylamine groups is 2. The van der Waals surface area contributed by atoms with Crippen molar-refractivity contribution in [3.05, 3.63) is 207 Å². The van der Waals surface area contributed by atoms with Gasteiger partial charge in [-0.2, -0.15) is 0 Å². The number of nitrogens with two attached hydrogens (primary N) is 1. The second-order valence-corrected chi connectivity index (χ2v) is 35.4. The van der Waals surface area contributed by atoms with Crippen LogP contribution in [0.4, 0.5) is 9.59 Å². The smallest absolute Gasteiger partial charge is 0.407 e. The summed E-state index contributed by atoms with van der Waals surface area (Å²) in [5.41, 5.74) is 10.5. The summed E-state index contributed by atoms with van der Waals surface area (Å²) in [5, 5.41) is 29.3. The number of alkyl carbamates (subject to hydrolysis) is 2. The molecule has 3 saturated heterocycles. The quantitative estimate of drug-likeness (QED) is 0.0127. The minimum absolute atomic E-state index is 0.00439. The molecule has 3 fully saturated rings. The van der Waals surface area contributed by atoms with E-state index >= 15 is 28.8 Å². The molecule has 6 aromatic carbocycles. The lowest BCUT2D eigenvalue weighted by atomic mass is 9.99. The molecule has 0 radical (unpaired) electrons. The number of rotatable bonds is 47. The third-order valence-corrected chi connectivity index (χ3v) is 23.2. The predicted octanol–water partition coefficient (Wildman–Crippen LogP) is 8.21. The second kappa shape index (κ2) is 51.2. The van der Waals surface area contributed by atoms with Gasteiger partial charge in [0.1, 0.15) is 86.0 Å². The average molecular weight is 1850 g/mol. The van der Waals surface area contributed by atoms with Gasteiger partial charge in [-0.05, 0) is 146 Å². The first kappa shape index (κ1) is 102. The van der Waals surface area contributed by atoms with Crippen LogP contribution in [0.3, 0.4) is 0 Å². The van der Waals surface area contributed by atoms with E-state index in [1.165, 1.54) is 9.80 Å². The molecule has 3 aliphatic heterocycles. The van der Waals surface area contributed by atoms with E-state index in [0.29, 0.717) is 56.0 Å². The molecule has 0 aliphatic carbocycles. The van der Waals surface area contributed by atoms with Gasteiger partial charge in [0.2, 0.25) is 59.1 Å². The number of hydrogen-bond acceptors (Lipinski definition) is 20. The Hall–Kier alpha value is -12.5. The summed E-state index contributed by atoms with van der Waals surface area (Å²) in [6, 6.07) is 32.9. The van der Waals surface area contributed by atoms with Crippen LogP contribution in [0.1, 0.15) is 166 Å². The molecule has 14 amide bonds. The van der Waals surface area contributed by atoms with Crippen LogP contribution in [0.25, 0.3) is 0 Å². The molecule has 0 aromatic heterocycles. The highest BCUT2D eigenvalue weighted by Crippen LogP contribution is 2.29. The maximum Gasteiger partial charge on any atom is 0.407 e. The van der Waals surface area contributed by atoms with Gasteiger partial charge < -0.3 is 87.7 Å². The highest BCUT2D eigenvalue weighted by Gasteiger charge is 2.45. The van der Waals surface area contributed by atoms with Crippen LogP contribution in [0.5, 0.6) is 5.75 Å². The van der Waals surface area contributed by atoms with Crippen LogP contribution in [0, 0.1) is 23.7 Å². The number of nitrogens with one attached hydrogen (secondary N) is 10. The van der Waals surface area contributed by atoms with Crippen molar-refractivity contribution in [3.63, 3.8) is 0 Å². The number of likely N-dealkylation sites (tertiary alicyclic amines) is 2. The molecule has 0 bridgehead atoms. The van der Waals surface area contributed by atoms with Gasteiger partial charge >= 0.3 is 18.2 Å². The Morgan fingerprint density at radius 3 is 1.22 bits per heavy atom. The fraction of sp³-hybridized carbons (Fsp3) is 0.469. The number of amides is 14. The minimum atomic E-state index is -1.47. The number of halogens is 2. The molecule has 131 heavy (non-hydrogen) atoms. The first-order valence-corrected chi connectivity index (χ1v) is 45.4. The molecule has 0 unspecified atom stereocenters. The number of ether oxygens (including phenoxy) is 3. The Balaban J connectivity index is 0.900. The van der Waals surface area contributed by atoms with Crippen LogP contribution >= 0.6 is 23.2 Å². The molecule has 3 aliphatic rings. The predicted molar refractivity (Wildman–Crippen MR) is 488 cm³/mol. The third-order valence-electron chi connectivity index (χ3n) is 22.5. The van der Waals surface area contributed by atoms with Crippen LogP contribution in [-0.2, 0) is 116 Å². The van der Waals surface area contributed by atoms with Gasteiger partial charge in [-0.1, -0.05) is 218 Å². The molecule has 33 nitrogen and oxygen atoms in total. The Morgan fingerprint density at radius 2 is 0.794 bits per heavy atom. The molecule has 0 saturated carbocycles. The second-order valence-electron chi connectivity index (χ2n) is 34.5. The molecule has 0 spiro atoms. The number of carbonyl (C=O) groups excluding carboxylic acids is 15. The molecular formula is C96H122Cl2N14O19. The maximum absolute atomic E-state index is 15.5. The van der Waals surface area contributed by atoms with E-state index in [0.717, 1.165) is 11.1 Å². The number of nitrogens with zero attached hydrogens (tertiary/aromatic N) is 3. The van der Waals surface area contributed by atoms with Crippen molar-refractivity contribution in [3.8, 4) is 5.75 Å². The number of benzene rings is 6.